The molecule has 0 amide bonds. The van der Waals surface area contributed by atoms with Crippen molar-refractivity contribution in [2.24, 2.45) is 0 Å². The Hall–Kier alpha value is -1.44. The van der Waals surface area contributed by atoms with Gasteiger partial charge in [-0.1, -0.05) is 6.07 Å². The SMILES string of the molecule is CN(Cc1csc(Br)c1)c1ccc(CO)cc1[N+](=O)[O-]. The highest BCUT2D eigenvalue weighted by Gasteiger charge is 2.18. The Morgan fingerprint density at radius 2 is 2.15 bits per heavy atom. The molecule has 0 aliphatic rings. The van der Waals surface area contributed by atoms with Gasteiger partial charge in [-0.25, -0.2) is 0 Å². The van der Waals surface area contributed by atoms with Crippen LogP contribution < -0.4 is 4.90 Å². The van der Waals surface area contributed by atoms with Gasteiger partial charge in [0.1, 0.15) is 5.69 Å². The van der Waals surface area contributed by atoms with Crippen LogP contribution in [0.25, 0.3) is 0 Å². The first-order valence-corrected chi connectivity index (χ1v) is 7.50. The molecule has 0 atom stereocenters. The fraction of sp³-hybridized carbons (Fsp3) is 0.231. The van der Waals surface area contributed by atoms with E-state index in [9.17, 15) is 10.1 Å². The number of aliphatic hydroxyl groups excluding tert-OH is 1. The minimum atomic E-state index is -0.422. The summed E-state index contributed by atoms with van der Waals surface area (Å²) < 4.78 is 1.03. The summed E-state index contributed by atoms with van der Waals surface area (Å²) >= 11 is 4.98. The quantitative estimate of drug-likeness (QED) is 0.657. The largest absolute Gasteiger partial charge is 0.392 e. The molecule has 0 saturated carbocycles. The highest BCUT2D eigenvalue weighted by molar-refractivity contribution is 9.11. The summed E-state index contributed by atoms with van der Waals surface area (Å²) in [5.41, 5.74) is 2.17. The first-order valence-electron chi connectivity index (χ1n) is 5.83. The van der Waals surface area contributed by atoms with E-state index in [-0.39, 0.29) is 12.3 Å². The van der Waals surface area contributed by atoms with Gasteiger partial charge in [0.2, 0.25) is 0 Å². The van der Waals surface area contributed by atoms with Gasteiger partial charge >= 0.3 is 0 Å². The average Bonchev–Trinajstić information content (AvgIpc) is 2.83. The van der Waals surface area contributed by atoms with Crippen LogP contribution in [0.15, 0.2) is 33.4 Å². The minimum absolute atomic E-state index is 0.00773. The van der Waals surface area contributed by atoms with Gasteiger partial charge < -0.3 is 10.0 Å². The van der Waals surface area contributed by atoms with Gasteiger partial charge in [-0.15, -0.1) is 11.3 Å². The van der Waals surface area contributed by atoms with E-state index >= 15 is 0 Å². The molecule has 0 radical (unpaired) electrons. The standard InChI is InChI=1S/C13H13BrN2O3S/c1-15(6-10-5-13(14)20-8-10)11-3-2-9(7-17)4-12(11)16(18)19/h2-5,8,17H,6-7H2,1H3. The number of rotatable bonds is 5. The van der Waals surface area contributed by atoms with E-state index in [0.29, 0.717) is 17.8 Å². The zero-order valence-corrected chi connectivity index (χ0v) is 13.1. The van der Waals surface area contributed by atoms with Crippen molar-refractivity contribution < 1.29 is 10.0 Å². The smallest absolute Gasteiger partial charge is 0.292 e. The van der Waals surface area contributed by atoms with E-state index in [2.05, 4.69) is 15.9 Å². The van der Waals surface area contributed by atoms with Gasteiger partial charge in [-0.05, 0) is 44.6 Å². The van der Waals surface area contributed by atoms with Crippen molar-refractivity contribution in [3.8, 4) is 0 Å². The third-order valence-electron chi connectivity index (χ3n) is 2.87. The first kappa shape index (κ1) is 15.0. The van der Waals surface area contributed by atoms with Crippen LogP contribution in [-0.4, -0.2) is 17.1 Å². The molecular weight excluding hydrogens is 344 g/mol. The maximum Gasteiger partial charge on any atom is 0.292 e. The predicted molar refractivity (Wildman–Crippen MR) is 83.1 cm³/mol. The lowest BCUT2D eigenvalue weighted by Crippen LogP contribution is -2.17. The predicted octanol–water partition coefficient (Wildman–Crippen LogP) is 3.55. The van der Waals surface area contributed by atoms with Crippen LogP contribution in [0, 0.1) is 10.1 Å². The number of hydrogen-bond donors (Lipinski definition) is 1. The van der Waals surface area contributed by atoms with Gasteiger partial charge in [-0.2, -0.15) is 0 Å². The normalized spacial score (nSPS) is 10.6. The average molecular weight is 357 g/mol. The number of hydrogen-bond acceptors (Lipinski definition) is 5. The van der Waals surface area contributed by atoms with E-state index in [1.165, 1.54) is 6.07 Å². The molecule has 1 heterocycles. The van der Waals surface area contributed by atoms with E-state index in [1.54, 1.807) is 23.5 Å². The lowest BCUT2D eigenvalue weighted by atomic mass is 10.1. The summed E-state index contributed by atoms with van der Waals surface area (Å²) in [6, 6.07) is 6.78. The number of thiophene rings is 1. The molecular formula is C13H13BrN2O3S. The van der Waals surface area contributed by atoms with Crippen LogP contribution in [0.2, 0.25) is 0 Å². The number of aliphatic hydroxyl groups is 1. The number of nitro benzene ring substituents is 1. The Morgan fingerprint density at radius 1 is 1.40 bits per heavy atom. The van der Waals surface area contributed by atoms with Crippen LogP contribution in [0.3, 0.4) is 0 Å². The summed E-state index contributed by atoms with van der Waals surface area (Å²) in [4.78, 5) is 12.5. The fourth-order valence-electron chi connectivity index (χ4n) is 1.92. The molecule has 0 saturated heterocycles. The van der Waals surface area contributed by atoms with Crippen LogP contribution in [0.1, 0.15) is 11.1 Å². The molecule has 1 N–H and O–H groups in total. The molecule has 2 rings (SSSR count). The molecule has 0 bridgehead atoms. The van der Waals surface area contributed by atoms with Crippen molar-refractivity contribution in [2.75, 3.05) is 11.9 Å². The van der Waals surface area contributed by atoms with Crippen LogP contribution >= 0.6 is 27.3 Å². The van der Waals surface area contributed by atoms with Crippen LogP contribution in [0.5, 0.6) is 0 Å². The Morgan fingerprint density at radius 3 is 2.70 bits per heavy atom. The summed E-state index contributed by atoms with van der Waals surface area (Å²) in [5.74, 6) is 0. The third kappa shape index (κ3) is 3.36. The Kier molecular flexibility index (Phi) is 4.74. The second kappa shape index (κ2) is 6.34. The molecule has 1 aromatic carbocycles. The number of halogens is 1. The zero-order valence-electron chi connectivity index (χ0n) is 10.7. The number of nitrogens with zero attached hydrogens (tertiary/aromatic N) is 2. The molecule has 20 heavy (non-hydrogen) atoms. The molecule has 0 aliphatic heterocycles. The van der Waals surface area contributed by atoms with Crippen molar-refractivity contribution in [1.29, 1.82) is 0 Å². The van der Waals surface area contributed by atoms with Gasteiger partial charge in [-0.3, -0.25) is 10.1 Å². The van der Waals surface area contributed by atoms with Crippen molar-refractivity contribution in [3.63, 3.8) is 0 Å². The van der Waals surface area contributed by atoms with E-state index in [4.69, 9.17) is 5.11 Å². The first-order chi connectivity index (χ1) is 9.51. The number of anilines is 1. The number of nitro groups is 1. The van der Waals surface area contributed by atoms with Crippen molar-refractivity contribution in [1.82, 2.24) is 0 Å². The van der Waals surface area contributed by atoms with Gasteiger partial charge in [0.05, 0.1) is 15.3 Å². The van der Waals surface area contributed by atoms with Gasteiger partial charge in [0, 0.05) is 19.7 Å². The highest BCUT2D eigenvalue weighted by atomic mass is 79.9. The fourth-order valence-corrected chi connectivity index (χ4v) is 3.12. The van der Waals surface area contributed by atoms with Crippen molar-refractivity contribution in [3.05, 3.63) is 54.7 Å². The number of benzene rings is 1. The molecule has 0 unspecified atom stereocenters. The molecule has 106 valence electrons. The lowest BCUT2D eigenvalue weighted by Gasteiger charge is -2.18. The molecule has 2 aromatic rings. The Labute approximate surface area is 128 Å². The van der Waals surface area contributed by atoms with Crippen molar-refractivity contribution >= 4 is 38.6 Å². The summed E-state index contributed by atoms with van der Waals surface area (Å²) in [7, 11) is 1.81. The zero-order chi connectivity index (χ0) is 14.7. The third-order valence-corrected chi connectivity index (χ3v) is 4.43. The maximum absolute atomic E-state index is 11.1. The Balaban J connectivity index is 2.28. The van der Waals surface area contributed by atoms with Gasteiger partial charge in [0.25, 0.3) is 5.69 Å². The topological polar surface area (TPSA) is 66.6 Å². The Bertz CT molecular complexity index is 630. The van der Waals surface area contributed by atoms with Crippen LogP contribution in [0.4, 0.5) is 11.4 Å². The second-order valence-electron chi connectivity index (χ2n) is 4.35. The van der Waals surface area contributed by atoms with E-state index in [0.717, 1.165) is 9.35 Å². The van der Waals surface area contributed by atoms with E-state index in [1.807, 2.05) is 23.4 Å². The summed E-state index contributed by atoms with van der Waals surface area (Å²) in [6.07, 6.45) is 0. The lowest BCUT2D eigenvalue weighted by molar-refractivity contribution is -0.384. The van der Waals surface area contributed by atoms with E-state index < -0.39 is 4.92 Å². The summed E-state index contributed by atoms with van der Waals surface area (Å²) in [5, 5.41) is 22.2. The molecule has 7 heteroatoms. The molecule has 0 aliphatic carbocycles. The van der Waals surface area contributed by atoms with Crippen LogP contribution in [-0.2, 0) is 13.2 Å². The maximum atomic E-state index is 11.1. The van der Waals surface area contributed by atoms with Crippen molar-refractivity contribution in [2.45, 2.75) is 13.2 Å². The molecule has 0 spiro atoms. The minimum Gasteiger partial charge on any atom is -0.392 e. The highest BCUT2D eigenvalue weighted by Crippen LogP contribution is 2.30. The monoisotopic (exact) mass is 356 g/mol. The van der Waals surface area contributed by atoms with Gasteiger partial charge in [0.15, 0.2) is 0 Å². The molecule has 0 fully saturated rings. The molecule has 5 nitrogen and oxygen atoms in total. The second-order valence-corrected chi connectivity index (χ2v) is 6.64. The summed E-state index contributed by atoms with van der Waals surface area (Å²) in [6.45, 7) is 0.379. The molecule has 1 aromatic heterocycles.